The first kappa shape index (κ1) is 24.6. The van der Waals surface area contributed by atoms with Crippen LogP contribution < -0.4 is 0 Å². The van der Waals surface area contributed by atoms with Gasteiger partial charge < -0.3 is 19.0 Å². The van der Waals surface area contributed by atoms with E-state index in [1.165, 1.54) is 16.7 Å². The van der Waals surface area contributed by atoms with Crippen molar-refractivity contribution < 1.29 is 19.0 Å². The molecule has 0 bridgehead atoms. The van der Waals surface area contributed by atoms with Crippen LogP contribution in [0.5, 0.6) is 11.5 Å². The number of rotatable bonds is 4. The van der Waals surface area contributed by atoms with Crippen LogP contribution in [-0.4, -0.2) is 10.2 Å². The molecular weight excluding hydrogens is 496 g/mol. The molecular formula is C36H32O4. The fourth-order valence-corrected chi connectivity index (χ4v) is 6.97. The predicted molar refractivity (Wildman–Crippen MR) is 160 cm³/mol. The van der Waals surface area contributed by atoms with Crippen molar-refractivity contribution in [2.75, 3.05) is 0 Å². The highest BCUT2D eigenvalue weighted by atomic mass is 16.3. The zero-order valence-corrected chi connectivity index (χ0v) is 23.2. The fourth-order valence-electron chi connectivity index (χ4n) is 6.97. The summed E-state index contributed by atoms with van der Waals surface area (Å²) in [6.45, 7) is 8.89. The minimum absolute atomic E-state index is 0.247. The molecule has 7 rings (SSSR count). The summed E-state index contributed by atoms with van der Waals surface area (Å²) in [5, 5.41) is 21.7. The highest BCUT2D eigenvalue weighted by molar-refractivity contribution is 5.91. The molecule has 40 heavy (non-hydrogen) atoms. The van der Waals surface area contributed by atoms with Gasteiger partial charge in [-0.05, 0) is 122 Å². The number of phenolic OH excluding ortho intramolecular Hbond substituents is 2. The maximum Gasteiger partial charge on any atom is 0.138 e. The van der Waals surface area contributed by atoms with Gasteiger partial charge in [-0.15, -0.1) is 0 Å². The maximum atomic E-state index is 9.75. The van der Waals surface area contributed by atoms with Gasteiger partial charge in [0.1, 0.15) is 34.2 Å². The highest BCUT2D eigenvalue weighted by Crippen LogP contribution is 2.53. The Morgan fingerprint density at radius 1 is 0.650 bits per heavy atom. The molecule has 4 nitrogen and oxygen atoms in total. The lowest BCUT2D eigenvalue weighted by Crippen LogP contribution is -2.09. The first-order valence-corrected chi connectivity index (χ1v) is 14.0. The maximum absolute atomic E-state index is 9.75. The van der Waals surface area contributed by atoms with E-state index < -0.39 is 0 Å². The number of hydrogen-bond donors (Lipinski definition) is 2. The average molecular weight is 529 g/mol. The van der Waals surface area contributed by atoms with Crippen LogP contribution in [0.2, 0.25) is 0 Å². The second-order valence-electron chi connectivity index (χ2n) is 11.3. The predicted octanol–water partition coefficient (Wildman–Crippen LogP) is 9.82. The van der Waals surface area contributed by atoms with Crippen LogP contribution in [0.3, 0.4) is 0 Å². The lowest BCUT2D eigenvalue weighted by Gasteiger charge is -2.21. The molecule has 0 spiro atoms. The van der Waals surface area contributed by atoms with E-state index in [2.05, 4.69) is 58.0 Å². The van der Waals surface area contributed by atoms with Gasteiger partial charge in [0.2, 0.25) is 0 Å². The number of fused-ring (bicyclic) bond motifs is 3. The normalized spacial score (nSPS) is 18.6. The second-order valence-corrected chi connectivity index (χ2v) is 11.3. The molecule has 0 aliphatic heterocycles. The Balaban J connectivity index is 1.36. The van der Waals surface area contributed by atoms with Crippen LogP contribution in [0.25, 0.3) is 44.6 Å². The van der Waals surface area contributed by atoms with Gasteiger partial charge in [0, 0.05) is 38.9 Å². The SMILES string of the molecule is CCC1c2cc3oc(-c4ccc(O)cc4)c(C)c3cc2C(c2ccc3oc(-c4ccc(O)cc4)c(C)c3c2)C1C. The second kappa shape index (κ2) is 9.06. The quantitative estimate of drug-likeness (QED) is 0.239. The number of aromatic hydroxyl groups is 2. The van der Waals surface area contributed by atoms with E-state index in [0.717, 1.165) is 62.1 Å². The van der Waals surface area contributed by atoms with Gasteiger partial charge in [-0.25, -0.2) is 0 Å². The van der Waals surface area contributed by atoms with Gasteiger partial charge >= 0.3 is 0 Å². The molecule has 3 atom stereocenters. The molecule has 1 aliphatic carbocycles. The van der Waals surface area contributed by atoms with Crippen molar-refractivity contribution in [1.82, 2.24) is 0 Å². The molecule has 0 amide bonds. The van der Waals surface area contributed by atoms with Crippen LogP contribution in [0.4, 0.5) is 0 Å². The largest absolute Gasteiger partial charge is 0.508 e. The lowest BCUT2D eigenvalue weighted by atomic mass is 9.82. The average Bonchev–Trinajstić information content (AvgIpc) is 3.56. The molecule has 4 heteroatoms. The molecule has 0 fully saturated rings. The van der Waals surface area contributed by atoms with Crippen molar-refractivity contribution in [3.8, 4) is 34.1 Å². The third-order valence-corrected chi connectivity index (χ3v) is 9.06. The Bertz CT molecular complexity index is 1890. The number of hydrogen-bond acceptors (Lipinski definition) is 4. The summed E-state index contributed by atoms with van der Waals surface area (Å²) in [5.74, 6) is 3.36. The smallest absolute Gasteiger partial charge is 0.138 e. The van der Waals surface area contributed by atoms with E-state index >= 15 is 0 Å². The van der Waals surface area contributed by atoms with Crippen LogP contribution in [0.15, 0.2) is 87.7 Å². The standard InChI is InChI=1S/C36H32O4/c1-5-27-19(2)34(24-10-15-32-28(16-24)20(3)35(39-32)22-6-11-25(37)12-7-22)31-17-29-21(4)36(40-33(29)18-30(27)31)23-8-13-26(38)14-9-23/h6-19,27,34,37-38H,5H2,1-4H3. The summed E-state index contributed by atoms with van der Waals surface area (Å²) >= 11 is 0. The Kier molecular flexibility index (Phi) is 5.57. The molecule has 2 aromatic heterocycles. The van der Waals surface area contributed by atoms with E-state index in [-0.39, 0.29) is 17.4 Å². The zero-order chi connectivity index (χ0) is 27.7. The minimum Gasteiger partial charge on any atom is -0.508 e. The van der Waals surface area contributed by atoms with Crippen LogP contribution in [0, 0.1) is 19.8 Å². The Labute approximate surface area is 233 Å². The van der Waals surface area contributed by atoms with E-state index in [0.29, 0.717) is 11.8 Å². The van der Waals surface area contributed by atoms with Gasteiger partial charge in [-0.3, -0.25) is 0 Å². The fraction of sp³-hybridized carbons (Fsp3) is 0.222. The van der Waals surface area contributed by atoms with Crippen molar-refractivity contribution in [2.45, 2.75) is 46.0 Å². The lowest BCUT2D eigenvalue weighted by molar-refractivity contribution is 0.448. The summed E-state index contributed by atoms with van der Waals surface area (Å²) in [7, 11) is 0. The third kappa shape index (κ3) is 3.66. The molecule has 2 heterocycles. The van der Waals surface area contributed by atoms with Gasteiger partial charge in [0.25, 0.3) is 0 Å². The van der Waals surface area contributed by atoms with Crippen LogP contribution in [0.1, 0.15) is 59.9 Å². The number of furan rings is 2. The van der Waals surface area contributed by atoms with Gasteiger partial charge in [-0.1, -0.05) is 19.9 Å². The molecule has 6 aromatic rings. The molecule has 200 valence electrons. The Morgan fingerprint density at radius 2 is 1.20 bits per heavy atom. The summed E-state index contributed by atoms with van der Waals surface area (Å²) < 4.78 is 12.7. The third-order valence-electron chi connectivity index (χ3n) is 9.06. The van der Waals surface area contributed by atoms with E-state index in [1.807, 2.05) is 24.3 Å². The number of phenols is 2. The molecule has 1 aliphatic rings. The topological polar surface area (TPSA) is 66.7 Å². The highest BCUT2D eigenvalue weighted by Gasteiger charge is 2.39. The van der Waals surface area contributed by atoms with E-state index in [1.54, 1.807) is 24.3 Å². The number of benzene rings is 4. The van der Waals surface area contributed by atoms with Gasteiger partial charge in [0.15, 0.2) is 0 Å². The van der Waals surface area contributed by atoms with Gasteiger partial charge in [-0.2, -0.15) is 0 Å². The Morgan fingerprint density at radius 3 is 1.77 bits per heavy atom. The van der Waals surface area contributed by atoms with Crippen molar-refractivity contribution in [1.29, 1.82) is 0 Å². The molecule has 3 unspecified atom stereocenters. The van der Waals surface area contributed by atoms with Gasteiger partial charge in [0.05, 0.1) is 0 Å². The molecule has 0 saturated carbocycles. The summed E-state index contributed by atoms with van der Waals surface area (Å²) in [6.07, 6.45) is 1.07. The molecule has 0 radical (unpaired) electrons. The Hall–Kier alpha value is -4.44. The monoisotopic (exact) mass is 528 g/mol. The van der Waals surface area contributed by atoms with Crippen molar-refractivity contribution in [2.24, 2.45) is 5.92 Å². The molecule has 4 aromatic carbocycles. The summed E-state index contributed by atoms with van der Waals surface area (Å²) in [6, 6.07) is 25.7. The van der Waals surface area contributed by atoms with Crippen molar-refractivity contribution in [3.63, 3.8) is 0 Å². The molecule has 2 N–H and O–H groups in total. The van der Waals surface area contributed by atoms with E-state index in [9.17, 15) is 10.2 Å². The first-order valence-electron chi connectivity index (χ1n) is 14.0. The summed E-state index contributed by atoms with van der Waals surface area (Å²) in [5.41, 5.74) is 10.0. The first-order chi connectivity index (χ1) is 19.3. The summed E-state index contributed by atoms with van der Waals surface area (Å²) in [4.78, 5) is 0. The van der Waals surface area contributed by atoms with Crippen LogP contribution >= 0.6 is 0 Å². The van der Waals surface area contributed by atoms with E-state index in [4.69, 9.17) is 8.83 Å². The number of aryl methyl sites for hydroxylation is 2. The van der Waals surface area contributed by atoms with Crippen molar-refractivity contribution in [3.05, 3.63) is 107 Å². The van der Waals surface area contributed by atoms with Crippen LogP contribution in [-0.2, 0) is 0 Å². The minimum atomic E-state index is 0.247. The zero-order valence-electron chi connectivity index (χ0n) is 23.2. The molecule has 0 saturated heterocycles. The van der Waals surface area contributed by atoms with Crippen molar-refractivity contribution >= 4 is 21.9 Å².